The van der Waals surface area contributed by atoms with Crippen LogP contribution in [0.15, 0.2) is 176 Å². The Bertz CT molecular complexity index is 3330. The maximum Gasteiger partial charge on any atom is 0.393 e. The van der Waals surface area contributed by atoms with Crippen LogP contribution in [0.3, 0.4) is 0 Å². The van der Waals surface area contributed by atoms with Crippen molar-refractivity contribution < 1.29 is 17.9 Å². The van der Waals surface area contributed by atoms with Crippen molar-refractivity contribution in [2.24, 2.45) is 10.8 Å². The summed E-state index contributed by atoms with van der Waals surface area (Å²) in [5.74, 6) is 1.33. The van der Waals surface area contributed by atoms with Crippen molar-refractivity contribution in [2.45, 2.75) is 57.5 Å². The minimum atomic E-state index is -4.98. The van der Waals surface area contributed by atoms with Gasteiger partial charge in [0.25, 0.3) is 0 Å². The van der Waals surface area contributed by atoms with Gasteiger partial charge in [0.15, 0.2) is 8.07 Å². The van der Waals surface area contributed by atoms with E-state index < -0.39 is 54.6 Å². The van der Waals surface area contributed by atoms with Gasteiger partial charge in [-0.2, -0.15) is 13.2 Å². The third-order valence-corrected chi connectivity index (χ3v) is 23.1. The number of imidazole rings is 2. The lowest BCUT2D eigenvalue weighted by molar-refractivity contribution is -0.204. The molecule has 0 radical (unpaired) electrons. The van der Waals surface area contributed by atoms with Gasteiger partial charge in [0.05, 0.1) is 27.5 Å². The first-order valence-electron chi connectivity index (χ1n) is 23.8. The quantitative estimate of drug-likeness (QED) is 0.101. The number of ether oxygens (including phenoxy) is 1. The van der Waals surface area contributed by atoms with Gasteiger partial charge in [-0.3, -0.25) is 8.97 Å². The third-order valence-electron chi connectivity index (χ3n) is 12.8. The van der Waals surface area contributed by atoms with Gasteiger partial charge in [-0.05, 0) is 85.8 Å². The summed E-state index contributed by atoms with van der Waals surface area (Å²) in [5, 5.41) is 3.70. The highest BCUT2D eigenvalue weighted by molar-refractivity contribution is 7.20. The molecule has 322 valence electrons. The molecule has 1 atom stereocenters. The van der Waals surface area contributed by atoms with Crippen molar-refractivity contribution in [3.05, 3.63) is 187 Å². The van der Waals surface area contributed by atoms with Crippen LogP contribution in [0.1, 0.15) is 45.7 Å². The van der Waals surface area contributed by atoms with Gasteiger partial charge in [0.2, 0.25) is 5.78 Å². The number of alkyl halides is 3. The Hall–Kier alpha value is -5.95. The van der Waals surface area contributed by atoms with Crippen LogP contribution < -0.4 is 25.5 Å². The van der Waals surface area contributed by atoms with Gasteiger partial charge in [-0.25, -0.2) is 4.98 Å². The lowest BCUT2D eigenvalue weighted by Crippen LogP contribution is -2.75. The van der Waals surface area contributed by atoms with Crippen LogP contribution in [0.25, 0.3) is 33.5 Å². The summed E-state index contributed by atoms with van der Waals surface area (Å²) in [4.78, 5) is 5.19. The van der Waals surface area contributed by atoms with E-state index in [1.54, 1.807) is 30.3 Å². The average Bonchev–Trinajstić information content (AvgIpc) is 3.82. The summed E-state index contributed by atoms with van der Waals surface area (Å²) < 4.78 is 96.6. The fraction of sp³-hybridized carbons (Fsp3) is 0.204. The molecule has 9 aromatic rings. The third kappa shape index (κ3) is 6.80. The number of aromatic nitrogens is 3. The van der Waals surface area contributed by atoms with Crippen molar-refractivity contribution in [2.75, 3.05) is 0 Å². The van der Waals surface area contributed by atoms with E-state index >= 15 is 13.2 Å². The van der Waals surface area contributed by atoms with Crippen LogP contribution in [0, 0.1) is 10.8 Å². The van der Waals surface area contributed by atoms with Crippen LogP contribution in [-0.4, -0.2) is 51.9 Å². The molecule has 0 aliphatic carbocycles. The molecule has 64 heavy (non-hydrogen) atoms. The molecule has 2 aromatic heterocycles. The summed E-state index contributed by atoms with van der Waals surface area (Å²) in [6, 6.07) is 57.0. The second-order valence-corrected chi connectivity index (χ2v) is 26.0. The molecule has 0 N–H and O–H groups in total. The smallest absolute Gasteiger partial charge is 0.393 e. The average molecular weight is 904 g/mol. The lowest BCUT2D eigenvalue weighted by atomic mass is 9.96. The SMILES string of the molecule is [2H][Si]([2H])(CC(C)(C)C)C1([Si]([2H])([2H])CC(C)(C)C(F)(F)F)c2ccccc2Oc2c1cccc2[Si](c1ccccc1)(c1ccccc1)c1cccc(-n2c3ccccc3n3c4ccccc4nc23)c1. The van der Waals surface area contributed by atoms with Crippen molar-refractivity contribution >= 4 is 75.4 Å². The highest BCUT2D eigenvalue weighted by Gasteiger charge is 2.52. The van der Waals surface area contributed by atoms with Gasteiger partial charge in [-0.15, -0.1) is 0 Å². The van der Waals surface area contributed by atoms with E-state index in [2.05, 4.69) is 75.7 Å². The van der Waals surface area contributed by atoms with E-state index in [1.807, 2.05) is 99.6 Å². The van der Waals surface area contributed by atoms with Crippen LogP contribution in [0.5, 0.6) is 11.5 Å². The summed E-state index contributed by atoms with van der Waals surface area (Å²) in [6.45, 7) is 7.88. The molecule has 0 amide bonds. The van der Waals surface area contributed by atoms with E-state index in [9.17, 15) is 4.94 Å². The largest absolute Gasteiger partial charge is 0.457 e. The van der Waals surface area contributed by atoms with Gasteiger partial charge < -0.3 is 4.74 Å². The number of fused-ring (bicyclic) bond motifs is 7. The van der Waals surface area contributed by atoms with Gasteiger partial charge in [0.1, 0.15) is 11.5 Å². The Kier molecular flexibility index (Phi) is 9.15. The summed E-state index contributed by atoms with van der Waals surface area (Å²) in [7, 11) is -13.2. The summed E-state index contributed by atoms with van der Waals surface area (Å²) >= 11 is 0. The minimum absolute atomic E-state index is 0.00102. The van der Waals surface area contributed by atoms with Gasteiger partial charge >= 0.3 is 6.18 Å². The van der Waals surface area contributed by atoms with Crippen LogP contribution >= 0.6 is 0 Å². The molecule has 0 fully saturated rings. The zero-order valence-corrected chi connectivity index (χ0v) is 39.5. The van der Waals surface area contributed by atoms with Crippen molar-refractivity contribution in [3.63, 3.8) is 0 Å². The maximum atomic E-state index is 15.1. The van der Waals surface area contributed by atoms with Crippen molar-refractivity contribution in [1.29, 1.82) is 4.94 Å². The molecule has 0 saturated carbocycles. The normalized spacial score (nSPS) is 17.0. The first-order valence-corrected chi connectivity index (χ1v) is 26.2. The molecule has 1 aliphatic heterocycles. The van der Waals surface area contributed by atoms with Gasteiger partial charge in [-0.1, -0.05) is 174 Å². The molecule has 3 heterocycles. The first kappa shape index (κ1) is 37.4. The summed E-state index contributed by atoms with van der Waals surface area (Å²) in [5.41, 5.74) is 2.20. The van der Waals surface area contributed by atoms with E-state index in [0.29, 0.717) is 16.9 Å². The summed E-state index contributed by atoms with van der Waals surface area (Å²) in [6.07, 6.45) is -4.74. The van der Waals surface area contributed by atoms with E-state index in [0.717, 1.165) is 68.1 Å². The van der Waals surface area contributed by atoms with Crippen molar-refractivity contribution in [1.82, 2.24) is 14.0 Å². The van der Waals surface area contributed by atoms with Crippen LogP contribution in [0.4, 0.5) is 13.2 Å². The zero-order valence-electron chi connectivity index (χ0n) is 40.5. The molecular weight excluding hydrogens is 848 g/mol. The molecule has 1 unspecified atom stereocenters. The van der Waals surface area contributed by atoms with E-state index in [-0.39, 0.29) is 11.8 Å². The molecule has 10 rings (SSSR count). The van der Waals surface area contributed by atoms with Gasteiger partial charge in [0, 0.05) is 34.1 Å². The number of benzene rings is 7. The highest BCUT2D eigenvalue weighted by atomic mass is 28.3. The Balaban J connectivity index is 1.34. The molecule has 0 saturated heterocycles. The maximum absolute atomic E-state index is 15.1. The van der Waals surface area contributed by atoms with Crippen LogP contribution in [-0.2, 0) is 4.66 Å². The van der Waals surface area contributed by atoms with Crippen molar-refractivity contribution in [3.8, 4) is 17.2 Å². The first-order chi connectivity index (χ1) is 32.2. The Morgan fingerprint density at radius 1 is 0.609 bits per heavy atom. The minimum Gasteiger partial charge on any atom is -0.457 e. The second kappa shape index (κ2) is 15.6. The number of hydrogen-bond donors (Lipinski definition) is 0. The topological polar surface area (TPSA) is 31.5 Å². The Labute approximate surface area is 383 Å². The number of rotatable bonds is 10. The van der Waals surface area contributed by atoms with Crippen LogP contribution in [0.2, 0.25) is 12.1 Å². The number of nitrogens with zero attached hydrogens (tertiary/aromatic N) is 3. The number of halogens is 3. The standard InChI is InChI=1S/C54H52F3N3OSi3/c1-51(2,3)35-62-53(63-36-52(4,5)54(55,56)57)41-26-12-17-32-47(41)61-49-42(53)27-19-33-48(49)64(38-21-8-6-9-22-38,39-23-10-7-11-24-39)40-25-18-20-37(34-40)59-45-30-15-16-31-46(45)60-44-29-14-13-28-43(44)58-50(59)60/h6-34H,35-36,62-63H2,1-5H3/i62D2,63D2. The highest BCUT2D eigenvalue weighted by Crippen LogP contribution is 2.51. The fourth-order valence-electron chi connectivity index (χ4n) is 9.48. The molecule has 7 aromatic carbocycles. The molecule has 4 nitrogen and oxygen atoms in total. The predicted octanol–water partition coefficient (Wildman–Crippen LogP) is 9.92. The fourth-order valence-corrected chi connectivity index (χ4v) is 18.7. The molecule has 10 heteroatoms. The number of para-hydroxylation sites is 6. The van der Waals surface area contributed by atoms with E-state index in [4.69, 9.17) is 9.72 Å². The Morgan fingerprint density at radius 3 is 1.86 bits per heavy atom. The lowest BCUT2D eigenvalue weighted by Gasteiger charge is -2.45. The molecule has 0 spiro atoms. The van der Waals surface area contributed by atoms with E-state index in [1.165, 1.54) is 0 Å². The zero-order chi connectivity index (χ0) is 48.1. The monoisotopic (exact) mass is 903 g/mol. The number of hydrogen-bond acceptors (Lipinski definition) is 2. The molecular formula is C54H52F3N3OSi3. The Morgan fingerprint density at radius 2 is 1.17 bits per heavy atom. The molecule has 0 bridgehead atoms. The second-order valence-electron chi connectivity index (χ2n) is 18.8. The predicted molar refractivity (Wildman–Crippen MR) is 266 cm³/mol. The molecule has 1 aliphatic rings.